The highest BCUT2D eigenvalue weighted by atomic mass is 32.2. The smallest absolute Gasteiger partial charge is 0.279 e. The van der Waals surface area contributed by atoms with Crippen molar-refractivity contribution >= 4 is 10.2 Å². The van der Waals surface area contributed by atoms with Gasteiger partial charge in [0.05, 0.1) is 0 Å². The van der Waals surface area contributed by atoms with Gasteiger partial charge in [-0.25, -0.2) is 4.72 Å². The molecule has 20 heavy (non-hydrogen) atoms. The van der Waals surface area contributed by atoms with Gasteiger partial charge in [0.2, 0.25) is 0 Å². The highest BCUT2D eigenvalue weighted by molar-refractivity contribution is 7.87. The van der Waals surface area contributed by atoms with Crippen LogP contribution < -0.4 is 10.0 Å². The summed E-state index contributed by atoms with van der Waals surface area (Å²) in [6, 6.07) is 0.745. The lowest BCUT2D eigenvalue weighted by molar-refractivity contribution is 0.264. The molecule has 0 aromatic rings. The van der Waals surface area contributed by atoms with Crippen LogP contribution in [0.5, 0.6) is 0 Å². The Morgan fingerprint density at radius 3 is 2.35 bits per heavy atom. The van der Waals surface area contributed by atoms with Crippen LogP contribution in [0.3, 0.4) is 0 Å². The third-order valence-corrected chi connectivity index (χ3v) is 5.81. The molecule has 1 heterocycles. The molecule has 5 nitrogen and oxygen atoms in total. The third-order valence-electron chi connectivity index (χ3n) is 4.19. The molecular formula is C14H29N3O2S. The van der Waals surface area contributed by atoms with Crippen molar-refractivity contribution in [3.05, 3.63) is 0 Å². The number of piperidine rings is 1. The van der Waals surface area contributed by atoms with Gasteiger partial charge in [-0.1, -0.05) is 13.8 Å². The van der Waals surface area contributed by atoms with E-state index in [2.05, 4.69) is 23.9 Å². The zero-order chi connectivity index (χ0) is 14.6. The van der Waals surface area contributed by atoms with Gasteiger partial charge in [-0.15, -0.1) is 0 Å². The first kappa shape index (κ1) is 16.2. The Morgan fingerprint density at radius 1 is 1.15 bits per heavy atom. The van der Waals surface area contributed by atoms with Crippen LogP contribution >= 0.6 is 0 Å². The maximum Gasteiger partial charge on any atom is 0.279 e. The zero-order valence-corrected chi connectivity index (χ0v) is 13.6. The summed E-state index contributed by atoms with van der Waals surface area (Å²) in [5.41, 5.74) is 0. The topological polar surface area (TPSA) is 61.4 Å². The van der Waals surface area contributed by atoms with Crippen molar-refractivity contribution in [2.45, 2.75) is 52.0 Å². The standard InChI is InChI=1S/C14H29N3O2S/c1-12(2)5-8-16-20(18,19)17-9-6-13(7-10-17)11-15-14-3-4-14/h12-16H,3-11H2,1-2H3. The van der Waals surface area contributed by atoms with Crippen molar-refractivity contribution in [3.8, 4) is 0 Å². The fourth-order valence-electron chi connectivity index (χ4n) is 2.54. The van der Waals surface area contributed by atoms with Crippen molar-refractivity contribution in [1.82, 2.24) is 14.3 Å². The van der Waals surface area contributed by atoms with Gasteiger partial charge in [-0.05, 0) is 50.5 Å². The van der Waals surface area contributed by atoms with Crippen LogP contribution in [0.2, 0.25) is 0 Å². The van der Waals surface area contributed by atoms with E-state index in [0.717, 1.165) is 31.8 Å². The van der Waals surface area contributed by atoms with Crippen LogP contribution in [0.25, 0.3) is 0 Å². The van der Waals surface area contributed by atoms with E-state index in [4.69, 9.17) is 0 Å². The summed E-state index contributed by atoms with van der Waals surface area (Å²) in [7, 11) is -3.26. The van der Waals surface area contributed by atoms with Crippen molar-refractivity contribution in [3.63, 3.8) is 0 Å². The molecule has 0 bridgehead atoms. The summed E-state index contributed by atoms with van der Waals surface area (Å²) < 4.78 is 28.6. The second-order valence-corrected chi connectivity index (χ2v) is 8.36. The lowest BCUT2D eigenvalue weighted by atomic mass is 9.98. The Kier molecular flexibility index (Phi) is 5.84. The Bertz CT molecular complexity index is 385. The molecule has 6 heteroatoms. The average molecular weight is 303 g/mol. The molecule has 2 fully saturated rings. The molecule has 0 aromatic heterocycles. The molecule has 0 radical (unpaired) electrons. The number of nitrogens with zero attached hydrogens (tertiary/aromatic N) is 1. The van der Waals surface area contributed by atoms with Crippen LogP contribution in [-0.4, -0.2) is 44.9 Å². The van der Waals surface area contributed by atoms with Crippen molar-refractivity contribution in [2.24, 2.45) is 11.8 Å². The minimum atomic E-state index is -3.26. The van der Waals surface area contributed by atoms with E-state index in [-0.39, 0.29) is 0 Å². The molecule has 1 aliphatic heterocycles. The summed E-state index contributed by atoms with van der Waals surface area (Å²) in [5, 5.41) is 3.54. The van der Waals surface area contributed by atoms with Crippen LogP contribution in [0.4, 0.5) is 0 Å². The van der Waals surface area contributed by atoms with E-state index in [0.29, 0.717) is 31.5 Å². The Labute approximate surface area is 123 Å². The Morgan fingerprint density at radius 2 is 1.80 bits per heavy atom. The Hall–Kier alpha value is -0.170. The molecule has 0 amide bonds. The van der Waals surface area contributed by atoms with Crippen molar-refractivity contribution in [2.75, 3.05) is 26.2 Å². The molecule has 0 aromatic carbocycles. The van der Waals surface area contributed by atoms with Crippen molar-refractivity contribution < 1.29 is 8.42 Å². The van der Waals surface area contributed by atoms with Crippen LogP contribution in [0, 0.1) is 11.8 Å². The molecule has 1 saturated carbocycles. The van der Waals surface area contributed by atoms with Gasteiger partial charge < -0.3 is 5.32 Å². The minimum Gasteiger partial charge on any atom is -0.314 e. The predicted molar refractivity (Wildman–Crippen MR) is 81.7 cm³/mol. The van der Waals surface area contributed by atoms with Crippen LogP contribution in [0.1, 0.15) is 46.0 Å². The molecule has 0 spiro atoms. The van der Waals surface area contributed by atoms with Gasteiger partial charge in [0.15, 0.2) is 0 Å². The first-order valence-electron chi connectivity index (χ1n) is 7.95. The molecule has 1 saturated heterocycles. The van der Waals surface area contributed by atoms with Gasteiger partial charge in [-0.3, -0.25) is 0 Å². The van der Waals surface area contributed by atoms with E-state index < -0.39 is 10.2 Å². The van der Waals surface area contributed by atoms with Gasteiger partial charge in [-0.2, -0.15) is 12.7 Å². The Balaban J connectivity index is 1.68. The molecule has 2 N–H and O–H groups in total. The van der Waals surface area contributed by atoms with Crippen molar-refractivity contribution in [1.29, 1.82) is 0 Å². The van der Waals surface area contributed by atoms with E-state index in [9.17, 15) is 8.42 Å². The van der Waals surface area contributed by atoms with Gasteiger partial charge in [0, 0.05) is 25.7 Å². The highest BCUT2D eigenvalue weighted by Crippen LogP contribution is 2.22. The van der Waals surface area contributed by atoms with Crippen LogP contribution in [0.15, 0.2) is 0 Å². The summed E-state index contributed by atoms with van der Waals surface area (Å²) >= 11 is 0. The maximum atomic E-state index is 12.1. The third kappa shape index (κ3) is 5.31. The summed E-state index contributed by atoms with van der Waals surface area (Å²) in [5.74, 6) is 1.16. The largest absolute Gasteiger partial charge is 0.314 e. The highest BCUT2D eigenvalue weighted by Gasteiger charge is 2.28. The molecule has 0 unspecified atom stereocenters. The zero-order valence-electron chi connectivity index (χ0n) is 12.8. The molecule has 2 aliphatic rings. The average Bonchev–Trinajstić information content (AvgIpc) is 3.20. The van der Waals surface area contributed by atoms with E-state index >= 15 is 0 Å². The fraction of sp³-hybridized carbons (Fsp3) is 1.00. The monoisotopic (exact) mass is 303 g/mol. The molecule has 2 rings (SSSR count). The second kappa shape index (κ2) is 7.20. The number of hydrogen-bond donors (Lipinski definition) is 2. The number of nitrogens with one attached hydrogen (secondary N) is 2. The van der Waals surface area contributed by atoms with E-state index in [1.165, 1.54) is 12.8 Å². The second-order valence-electron chi connectivity index (χ2n) is 6.61. The van der Waals surface area contributed by atoms with E-state index in [1.807, 2.05) is 0 Å². The first-order chi connectivity index (χ1) is 9.47. The van der Waals surface area contributed by atoms with Gasteiger partial charge >= 0.3 is 0 Å². The minimum absolute atomic E-state index is 0.525. The number of rotatable bonds is 8. The molecule has 1 aliphatic carbocycles. The van der Waals surface area contributed by atoms with E-state index in [1.54, 1.807) is 4.31 Å². The van der Waals surface area contributed by atoms with Crippen LogP contribution in [-0.2, 0) is 10.2 Å². The molecular weight excluding hydrogens is 274 g/mol. The fourth-order valence-corrected chi connectivity index (χ4v) is 3.79. The predicted octanol–water partition coefficient (Wildman–Crippen LogP) is 1.33. The summed E-state index contributed by atoms with van der Waals surface area (Å²) in [4.78, 5) is 0. The molecule has 118 valence electrons. The summed E-state index contributed by atoms with van der Waals surface area (Å²) in [6.45, 7) is 7.13. The van der Waals surface area contributed by atoms with Gasteiger partial charge in [0.25, 0.3) is 10.2 Å². The number of hydrogen-bond acceptors (Lipinski definition) is 3. The lowest BCUT2D eigenvalue weighted by Gasteiger charge is -2.31. The maximum absolute atomic E-state index is 12.1. The first-order valence-corrected chi connectivity index (χ1v) is 9.39. The summed E-state index contributed by atoms with van der Waals surface area (Å²) in [6.07, 6.45) is 5.47. The van der Waals surface area contributed by atoms with Gasteiger partial charge in [0.1, 0.15) is 0 Å². The molecule has 0 atom stereocenters. The SMILES string of the molecule is CC(C)CCNS(=O)(=O)N1CCC(CNC2CC2)CC1. The quantitative estimate of drug-likeness (QED) is 0.711. The lowest BCUT2D eigenvalue weighted by Crippen LogP contribution is -2.46. The normalized spacial score (nSPS) is 22.6.